The molecule has 1 aliphatic rings. The van der Waals surface area contributed by atoms with E-state index in [-0.39, 0.29) is 6.10 Å². The van der Waals surface area contributed by atoms with Gasteiger partial charge >= 0.3 is 0 Å². The van der Waals surface area contributed by atoms with E-state index in [2.05, 4.69) is 13.0 Å². The number of rotatable bonds is 2. The molecule has 0 radical (unpaired) electrons. The van der Waals surface area contributed by atoms with Crippen LogP contribution in [0.25, 0.3) is 0 Å². The number of nitrogens with zero attached hydrogens (tertiary/aromatic N) is 1. The Bertz CT molecular complexity index is 447. The molecule has 0 aromatic heterocycles. The van der Waals surface area contributed by atoms with Crippen LogP contribution in [-0.2, 0) is 0 Å². The van der Waals surface area contributed by atoms with Crippen molar-refractivity contribution in [3.8, 4) is 11.8 Å². The molecule has 2 atom stereocenters. The van der Waals surface area contributed by atoms with Gasteiger partial charge in [0.25, 0.3) is 0 Å². The summed E-state index contributed by atoms with van der Waals surface area (Å²) in [4.78, 5) is 0. The number of nitrogens with one attached hydrogen (secondary N) is 1. The van der Waals surface area contributed by atoms with Crippen LogP contribution in [0.1, 0.15) is 25.3 Å². The second kappa shape index (κ2) is 4.36. The van der Waals surface area contributed by atoms with Crippen molar-refractivity contribution in [3.63, 3.8) is 0 Å². The molecular weight excluding hydrogens is 200 g/mol. The smallest absolute Gasteiger partial charge is 0.137 e. The third-order valence-electron chi connectivity index (χ3n) is 2.94. The van der Waals surface area contributed by atoms with Crippen LogP contribution < -0.4 is 4.74 Å². The number of nitriles is 1. The van der Waals surface area contributed by atoms with Gasteiger partial charge in [-0.3, -0.25) is 0 Å². The van der Waals surface area contributed by atoms with Gasteiger partial charge < -0.3 is 10.1 Å². The predicted molar refractivity (Wildman–Crippen MR) is 61.7 cm³/mol. The first-order valence-corrected chi connectivity index (χ1v) is 5.43. The fraction of sp³-hybridized carbons (Fsp3) is 0.385. The van der Waals surface area contributed by atoms with Gasteiger partial charge in [0.15, 0.2) is 0 Å². The summed E-state index contributed by atoms with van der Waals surface area (Å²) >= 11 is 0. The first kappa shape index (κ1) is 10.7. The Labute approximate surface area is 95.2 Å². The fourth-order valence-electron chi connectivity index (χ4n) is 2.03. The van der Waals surface area contributed by atoms with Crippen molar-refractivity contribution < 1.29 is 4.74 Å². The number of hydrogen-bond acceptors (Lipinski definition) is 3. The summed E-state index contributed by atoms with van der Waals surface area (Å²) in [5.74, 6) is 0.996. The third kappa shape index (κ3) is 2.06. The lowest BCUT2D eigenvalue weighted by atomic mass is 10.1. The minimum absolute atomic E-state index is 0.0435. The molecule has 0 heterocycles. The maximum Gasteiger partial charge on any atom is 0.137 e. The summed E-state index contributed by atoms with van der Waals surface area (Å²) in [5.41, 5.74) is 1.31. The largest absolute Gasteiger partial charge is 0.488 e. The summed E-state index contributed by atoms with van der Waals surface area (Å²) in [6, 6.07) is 9.37. The van der Waals surface area contributed by atoms with Crippen molar-refractivity contribution in [1.82, 2.24) is 0 Å². The molecule has 0 bridgehead atoms. The highest BCUT2D eigenvalue weighted by atomic mass is 16.5. The van der Waals surface area contributed by atoms with Gasteiger partial charge in [-0.15, -0.1) is 0 Å². The van der Waals surface area contributed by atoms with Gasteiger partial charge in [-0.25, -0.2) is 0 Å². The zero-order chi connectivity index (χ0) is 11.5. The number of hydrogen-bond donors (Lipinski definition) is 1. The topological polar surface area (TPSA) is 56.9 Å². The Hall–Kier alpha value is -1.82. The van der Waals surface area contributed by atoms with Crippen molar-refractivity contribution in [2.24, 2.45) is 5.92 Å². The summed E-state index contributed by atoms with van der Waals surface area (Å²) in [7, 11) is 0. The molecule has 1 aromatic carbocycles. The Morgan fingerprint density at radius 1 is 1.38 bits per heavy atom. The van der Waals surface area contributed by atoms with Crippen molar-refractivity contribution in [1.29, 1.82) is 10.7 Å². The normalized spacial score (nSPS) is 24.1. The highest BCUT2D eigenvalue weighted by Crippen LogP contribution is 2.28. The molecule has 1 saturated carbocycles. The van der Waals surface area contributed by atoms with Crippen LogP contribution in [0.3, 0.4) is 0 Å². The highest BCUT2D eigenvalue weighted by Gasteiger charge is 2.29. The van der Waals surface area contributed by atoms with E-state index < -0.39 is 0 Å². The lowest BCUT2D eigenvalue weighted by Crippen LogP contribution is -2.19. The average Bonchev–Trinajstić information content (AvgIpc) is 2.58. The molecule has 82 valence electrons. The minimum atomic E-state index is 0.0435. The van der Waals surface area contributed by atoms with E-state index in [9.17, 15) is 0 Å². The second-order valence-electron chi connectivity index (χ2n) is 4.25. The van der Waals surface area contributed by atoms with Gasteiger partial charge in [0, 0.05) is 12.1 Å². The Morgan fingerprint density at radius 3 is 2.75 bits per heavy atom. The molecule has 2 rings (SSSR count). The number of para-hydroxylation sites is 1. The van der Waals surface area contributed by atoms with Gasteiger partial charge in [-0.1, -0.05) is 19.1 Å². The van der Waals surface area contributed by atoms with Crippen molar-refractivity contribution in [2.45, 2.75) is 25.9 Å². The molecular formula is C13H14N2O. The van der Waals surface area contributed by atoms with E-state index in [4.69, 9.17) is 15.4 Å². The van der Waals surface area contributed by atoms with Gasteiger partial charge in [-0.05, 0) is 24.5 Å². The standard InChI is InChI=1S/C13H14N2O/c1-9-6-11(15)7-13(9)16-12-5-3-2-4-10(12)8-14/h2-5,9,13,15H,6-7H2,1H3/t9-,13?/m0/s1. The van der Waals surface area contributed by atoms with Gasteiger partial charge in [0.1, 0.15) is 17.9 Å². The molecule has 1 fully saturated rings. The molecule has 0 saturated heterocycles. The summed E-state index contributed by atoms with van der Waals surface area (Å²) < 4.78 is 5.82. The summed E-state index contributed by atoms with van der Waals surface area (Å²) in [5, 5.41) is 16.6. The molecule has 3 heteroatoms. The average molecular weight is 214 g/mol. The van der Waals surface area contributed by atoms with Gasteiger partial charge in [-0.2, -0.15) is 5.26 Å². The molecule has 0 aliphatic heterocycles. The van der Waals surface area contributed by atoms with Crippen LogP contribution in [0.2, 0.25) is 0 Å². The minimum Gasteiger partial charge on any atom is -0.488 e. The number of benzene rings is 1. The Balaban J connectivity index is 2.15. The van der Waals surface area contributed by atoms with Crippen molar-refractivity contribution >= 4 is 5.71 Å². The monoisotopic (exact) mass is 214 g/mol. The zero-order valence-corrected chi connectivity index (χ0v) is 9.23. The lowest BCUT2D eigenvalue weighted by Gasteiger charge is -2.17. The first-order chi connectivity index (χ1) is 7.70. The predicted octanol–water partition coefficient (Wildman–Crippen LogP) is 2.76. The fourth-order valence-corrected chi connectivity index (χ4v) is 2.03. The van der Waals surface area contributed by atoms with E-state index in [1.54, 1.807) is 6.07 Å². The highest BCUT2D eigenvalue weighted by molar-refractivity contribution is 5.84. The summed E-state index contributed by atoms with van der Waals surface area (Å²) in [6.07, 6.45) is 1.53. The van der Waals surface area contributed by atoms with E-state index in [1.807, 2.05) is 18.2 Å². The maximum atomic E-state index is 8.94. The van der Waals surface area contributed by atoms with Crippen molar-refractivity contribution in [2.75, 3.05) is 0 Å². The Kier molecular flexibility index (Phi) is 2.91. The third-order valence-corrected chi connectivity index (χ3v) is 2.94. The van der Waals surface area contributed by atoms with Crippen LogP contribution in [0.5, 0.6) is 5.75 Å². The van der Waals surface area contributed by atoms with Crippen LogP contribution in [-0.4, -0.2) is 11.8 Å². The Morgan fingerprint density at radius 2 is 2.12 bits per heavy atom. The quantitative estimate of drug-likeness (QED) is 0.822. The molecule has 0 spiro atoms. The molecule has 1 unspecified atom stereocenters. The van der Waals surface area contributed by atoms with E-state index in [0.717, 1.165) is 12.1 Å². The molecule has 1 aliphatic carbocycles. The molecule has 3 nitrogen and oxygen atoms in total. The van der Waals surface area contributed by atoms with Crippen LogP contribution in [0.15, 0.2) is 24.3 Å². The van der Waals surface area contributed by atoms with Crippen LogP contribution in [0.4, 0.5) is 0 Å². The zero-order valence-electron chi connectivity index (χ0n) is 9.23. The van der Waals surface area contributed by atoms with E-state index >= 15 is 0 Å². The lowest BCUT2D eigenvalue weighted by molar-refractivity contribution is 0.169. The van der Waals surface area contributed by atoms with Gasteiger partial charge in [0.05, 0.1) is 5.56 Å². The SMILES string of the molecule is C[C@H]1CC(=N)CC1Oc1ccccc1C#N. The van der Waals surface area contributed by atoms with E-state index in [1.165, 1.54) is 0 Å². The molecule has 0 amide bonds. The van der Waals surface area contributed by atoms with Crippen molar-refractivity contribution in [3.05, 3.63) is 29.8 Å². The van der Waals surface area contributed by atoms with Crippen LogP contribution in [0, 0.1) is 22.7 Å². The molecule has 1 N–H and O–H groups in total. The number of ether oxygens (including phenoxy) is 1. The molecule has 1 aromatic rings. The first-order valence-electron chi connectivity index (χ1n) is 5.43. The second-order valence-corrected chi connectivity index (χ2v) is 4.25. The van der Waals surface area contributed by atoms with E-state index in [0.29, 0.717) is 23.7 Å². The van der Waals surface area contributed by atoms with Gasteiger partial charge in [0.2, 0.25) is 0 Å². The maximum absolute atomic E-state index is 8.94. The van der Waals surface area contributed by atoms with Crippen LogP contribution >= 0.6 is 0 Å². The summed E-state index contributed by atoms with van der Waals surface area (Å²) in [6.45, 7) is 2.08. The molecule has 16 heavy (non-hydrogen) atoms.